The SMILES string of the molecule is CCCCCCCCC=CCCCCCCCC(=O)O.CN. The Balaban J connectivity index is 0. The Bertz CT molecular complexity index is 240. The summed E-state index contributed by atoms with van der Waals surface area (Å²) in [6.07, 6.45) is 21.2. The molecule has 0 saturated heterocycles. The summed E-state index contributed by atoms with van der Waals surface area (Å²) in [4.78, 5) is 10.3. The topological polar surface area (TPSA) is 63.3 Å². The van der Waals surface area contributed by atoms with Crippen LogP contribution in [0.3, 0.4) is 0 Å². The zero-order valence-corrected chi connectivity index (χ0v) is 15.0. The minimum Gasteiger partial charge on any atom is -0.481 e. The highest BCUT2D eigenvalue weighted by molar-refractivity contribution is 5.66. The first kappa shape index (κ1) is 23.4. The lowest BCUT2D eigenvalue weighted by atomic mass is 10.1. The van der Waals surface area contributed by atoms with Gasteiger partial charge in [0.05, 0.1) is 0 Å². The number of carbonyl (C=O) groups is 1. The second kappa shape index (κ2) is 22.5. The van der Waals surface area contributed by atoms with Gasteiger partial charge in [-0.2, -0.15) is 0 Å². The second-order valence-corrected chi connectivity index (χ2v) is 5.73. The number of carboxylic acid groups (broad SMARTS) is 1. The molecule has 3 N–H and O–H groups in total. The van der Waals surface area contributed by atoms with Crippen LogP contribution in [0.2, 0.25) is 0 Å². The Labute approximate surface area is 138 Å². The van der Waals surface area contributed by atoms with Gasteiger partial charge in [0.2, 0.25) is 0 Å². The molecule has 0 aliphatic carbocycles. The Morgan fingerprint density at radius 3 is 1.64 bits per heavy atom. The lowest BCUT2D eigenvalue weighted by Gasteiger charge is -1.99. The molecule has 0 amide bonds. The average Bonchev–Trinajstić information content (AvgIpc) is 2.53. The summed E-state index contributed by atoms with van der Waals surface area (Å²) in [5, 5.41) is 8.51. The Hall–Kier alpha value is -0.830. The third-order valence-electron chi connectivity index (χ3n) is 3.65. The van der Waals surface area contributed by atoms with Gasteiger partial charge in [0.25, 0.3) is 0 Å². The zero-order chi connectivity index (χ0) is 16.9. The van der Waals surface area contributed by atoms with E-state index in [0.29, 0.717) is 6.42 Å². The maximum atomic E-state index is 10.3. The second-order valence-electron chi connectivity index (χ2n) is 5.73. The first-order valence-electron chi connectivity index (χ1n) is 9.22. The summed E-state index contributed by atoms with van der Waals surface area (Å²) in [7, 11) is 1.50. The van der Waals surface area contributed by atoms with Crippen molar-refractivity contribution in [1.82, 2.24) is 0 Å². The third kappa shape index (κ3) is 24.2. The molecule has 0 atom stereocenters. The standard InChI is InChI=1S/C18H34O2.CH5N/c1-2-3-4-5-6-7-8-9-10-11-12-13-14-15-16-17-18(19)20;1-2/h9-10H,2-8,11-17H2,1H3,(H,19,20);2H2,1H3. The van der Waals surface area contributed by atoms with Gasteiger partial charge in [0, 0.05) is 6.42 Å². The van der Waals surface area contributed by atoms with Crippen molar-refractivity contribution in [2.45, 2.75) is 96.8 Å². The Morgan fingerprint density at radius 2 is 1.18 bits per heavy atom. The fourth-order valence-electron chi connectivity index (χ4n) is 2.35. The number of aliphatic carboxylic acids is 1. The van der Waals surface area contributed by atoms with E-state index in [4.69, 9.17) is 5.11 Å². The first-order valence-corrected chi connectivity index (χ1v) is 9.22. The van der Waals surface area contributed by atoms with Crippen LogP contribution >= 0.6 is 0 Å². The van der Waals surface area contributed by atoms with Gasteiger partial charge in [-0.1, -0.05) is 70.4 Å². The molecule has 0 aromatic heterocycles. The van der Waals surface area contributed by atoms with E-state index >= 15 is 0 Å². The van der Waals surface area contributed by atoms with Crippen LogP contribution in [0.5, 0.6) is 0 Å². The molecule has 0 aromatic rings. The van der Waals surface area contributed by atoms with Crippen molar-refractivity contribution in [3.8, 4) is 0 Å². The van der Waals surface area contributed by atoms with Crippen molar-refractivity contribution in [3.05, 3.63) is 12.2 Å². The molecule has 3 nitrogen and oxygen atoms in total. The van der Waals surface area contributed by atoms with Gasteiger partial charge >= 0.3 is 5.97 Å². The van der Waals surface area contributed by atoms with E-state index in [2.05, 4.69) is 24.8 Å². The smallest absolute Gasteiger partial charge is 0.303 e. The molecule has 132 valence electrons. The van der Waals surface area contributed by atoms with Crippen LogP contribution in [0.4, 0.5) is 0 Å². The largest absolute Gasteiger partial charge is 0.481 e. The molecular weight excluding hydrogens is 274 g/mol. The molecule has 0 saturated carbocycles. The summed E-state index contributed by atoms with van der Waals surface area (Å²) in [5.41, 5.74) is 4.50. The molecule has 0 aliphatic heterocycles. The van der Waals surface area contributed by atoms with Gasteiger partial charge in [-0.25, -0.2) is 0 Å². The fraction of sp³-hybridized carbons (Fsp3) is 0.842. The molecule has 0 radical (unpaired) electrons. The average molecular weight is 314 g/mol. The minimum absolute atomic E-state index is 0.332. The van der Waals surface area contributed by atoms with E-state index in [1.54, 1.807) is 0 Å². The number of carboxylic acids is 1. The molecular formula is C19H39NO2. The van der Waals surface area contributed by atoms with Gasteiger partial charge in [0.15, 0.2) is 0 Å². The predicted octanol–water partition coefficient (Wildman–Crippen LogP) is 5.68. The molecule has 0 aromatic carbocycles. The number of allylic oxidation sites excluding steroid dienone is 2. The van der Waals surface area contributed by atoms with Crippen LogP contribution in [0.15, 0.2) is 12.2 Å². The number of hydrogen-bond donors (Lipinski definition) is 2. The predicted molar refractivity (Wildman–Crippen MR) is 97.2 cm³/mol. The van der Waals surface area contributed by atoms with E-state index in [1.807, 2.05) is 0 Å². The van der Waals surface area contributed by atoms with Crippen molar-refractivity contribution < 1.29 is 9.90 Å². The number of nitrogens with two attached hydrogens (primary N) is 1. The Kier molecular flexibility index (Phi) is 23.9. The van der Waals surface area contributed by atoms with Crippen LogP contribution in [0.25, 0.3) is 0 Å². The van der Waals surface area contributed by atoms with Crippen LogP contribution in [0, 0.1) is 0 Å². The third-order valence-corrected chi connectivity index (χ3v) is 3.65. The van der Waals surface area contributed by atoms with Crippen molar-refractivity contribution in [2.75, 3.05) is 7.05 Å². The zero-order valence-electron chi connectivity index (χ0n) is 15.0. The highest BCUT2D eigenvalue weighted by Gasteiger charge is 1.95. The number of rotatable bonds is 15. The molecule has 0 spiro atoms. The molecule has 0 unspecified atom stereocenters. The highest BCUT2D eigenvalue weighted by atomic mass is 16.4. The summed E-state index contributed by atoms with van der Waals surface area (Å²) in [5.74, 6) is -0.664. The maximum absolute atomic E-state index is 10.3. The molecule has 0 fully saturated rings. The quantitative estimate of drug-likeness (QED) is 0.302. The van der Waals surface area contributed by atoms with E-state index in [9.17, 15) is 4.79 Å². The lowest BCUT2D eigenvalue weighted by Crippen LogP contribution is -1.93. The Morgan fingerprint density at radius 1 is 0.773 bits per heavy atom. The molecule has 22 heavy (non-hydrogen) atoms. The molecule has 0 aliphatic rings. The molecule has 0 rings (SSSR count). The van der Waals surface area contributed by atoms with E-state index in [-0.39, 0.29) is 0 Å². The highest BCUT2D eigenvalue weighted by Crippen LogP contribution is 2.09. The normalized spacial score (nSPS) is 10.5. The summed E-state index contributed by atoms with van der Waals surface area (Å²) >= 11 is 0. The lowest BCUT2D eigenvalue weighted by molar-refractivity contribution is -0.137. The van der Waals surface area contributed by atoms with Crippen molar-refractivity contribution in [3.63, 3.8) is 0 Å². The van der Waals surface area contributed by atoms with Crippen LogP contribution in [-0.4, -0.2) is 18.1 Å². The van der Waals surface area contributed by atoms with Crippen molar-refractivity contribution in [2.24, 2.45) is 5.73 Å². The fourth-order valence-corrected chi connectivity index (χ4v) is 2.35. The summed E-state index contributed by atoms with van der Waals surface area (Å²) in [6, 6.07) is 0. The van der Waals surface area contributed by atoms with Gasteiger partial charge in [-0.15, -0.1) is 0 Å². The van der Waals surface area contributed by atoms with Crippen LogP contribution in [0.1, 0.15) is 96.8 Å². The van der Waals surface area contributed by atoms with Gasteiger partial charge in [0.1, 0.15) is 0 Å². The molecule has 3 heteroatoms. The van der Waals surface area contributed by atoms with E-state index in [1.165, 1.54) is 77.7 Å². The molecule has 0 bridgehead atoms. The van der Waals surface area contributed by atoms with Crippen LogP contribution < -0.4 is 5.73 Å². The monoisotopic (exact) mass is 313 g/mol. The van der Waals surface area contributed by atoms with Gasteiger partial charge < -0.3 is 10.8 Å². The minimum atomic E-state index is -0.664. The van der Waals surface area contributed by atoms with Gasteiger partial charge in [-0.05, 0) is 39.2 Å². The van der Waals surface area contributed by atoms with Crippen molar-refractivity contribution >= 4 is 5.97 Å². The van der Waals surface area contributed by atoms with E-state index < -0.39 is 5.97 Å². The van der Waals surface area contributed by atoms with Crippen LogP contribution in [-0.2, 0) is 4.79 Å². The van der Waals surface area contributed by atoms with E-state index in [0.717, 1.165) is 12.8 Å². The first-order chi connectivity index (χ1) is 10.8. The molecule has 0 heterocycles. The number of hydrogen-bond acceptors (Lipinski definition) is 2. The number of unbranched alkanes of at least 4 members (excludes halogenated alkanes) is 11. The van der Waals surface area contributed by atoms with Crippen molar-refractivity contribution in [1.29, 1.82) is 0 Å². The maximum Gasteiger partial charge on any atom is 0.303 e. The summed E-state index contributed by atoms with van der Waals surface area (Å²) in [6.45, 7) is 2.26. The summed E-state index contributed by atoms with van der Waals surface area (Å²) < 4.78 is 0. The van der Waals surface area contributed by atoms with Gasteiger partial charge in [-0.3, -0.25) is 4.79 Å².